The van der Waals surface area contributed by atoms with Crippen molar-refractivity contribution >= 4 is 38.2 Å². The summed E-state index contributed by atoms with van der Waals surface area (Å²) in [5.74, 6) is 0.791. The van der Waals surface area contributed by atoms with Crippen molar-refractivity contribution in [2.45, 2.75) is 19.1 Å². The zero-order valence-electron chi connectivity index (χ0n) is 13.5. The zero-order valence-corrected chi connectivity index (χ0v) is 15.9. The number of thiophene rings is 1. The van der Waals surface area contributed by atoms with Gasteiger partial charge in [-0.3, -0.25) is 4.79 Å². The molecular formula is C17H18BrN3O2S. The van der Waals surface area contributed by atoms with Crippen LogP contribution in [0.3, 0.4) is 0 Å². The number of anilines is 1. The van der Waals surface area contributed by atoms with Crippen LogP contribution in [-0.4, -0.2) is 31.5 Å². The van der Waals surface area contributed by atoms with Crippen molar-refractivity contribution in [1.82, 2.24) is 10.2 Å². The third-order valence-corrected chi connectivity index (χ3v) is 6.30. The molecule has 2 aliphatic rings. The molecule has 126 valence electrons. The van der Waals surface area contributed by atoms with Gasteiger partial charge in [0.15, 0.2) is 0 Å². The lowest BCUT2D eigenvalue weighted by atomic mass is 10.0. The molecule has 0 fully saturated rings. The molecule has 3 heterocycles. The summed E-state index contributed by atoms with van der Waals surface area (Å²) in [5, 5.41) is 7.55. The fourth-order valence-electron chi connectivity index (χ4n) is 3.27. The smallest absolute Gasteiger partial charge is 0.256 e. The third kappa shape index (κ3) is 2.60. The first-order valence-corrected chi connectivity index (χ1v) is 9.41. The van der Waals surface area contributed by atoms with Crippen molar-refractivity contribution in [3.05, 3.63) is 44.2 Å². The number of methoxy groups -OCH3 is 1. The minimum atomic E-state index is -0.231. The Kier molecular flexibility index (Phi) is 4.02. The van der Waals surface area contributed by atoms with Crippen LogP contribution in [0, 0.1) is 0 Å². The van der Waals surface area contributed by atoms with E-state index in [1.54, 1.807) is 18.4 Å². The molecule has 1 amide bonds. The number of halogens is 1. The summed E-state index contributed by atoms with van der Waals surface area (Å²) in [6.07, 6.45) is 0.705. The van der Waals surface area contributed by atoms with E-state index in [0.717, 1.165) is 45.9 Å². The molecule has 5 nitrogen and oxygen atoms in total. The highest BCUT2D eigenvalue weighted by molar-refractivity contribution is 9.10. The van der Waals surface area contributed by atoms with E-state index >= 15 is 0 Å². The SMILES string of the molecule is COc1ccc(C2NC(=O)c3c(sc4c3CCN(C)C4)N2)cc1Br. The van der Waals surface area contributed by atoms with Gasteiger partial charge in [-0.05, 0) is 52.7 Å². The molecule has 0 radical (unpaired) electrons. The van der Waals surface area contributed by atoms with Gasteiger partial charge in [0, 0.05) is 18.0 Å². The minimum absolute atomic E-state index is 0.0164. The number of nitrogens with zero attached hydrogens (tertiary/aromatic N) is 1. The summed E-state index contributed by atoms with van der Waals surface area (Å²) in [4.78, 5) is 16.3. The summed E-state index contributed by atoms with van der Waals surface area (Å²) in [6, 6.07) is 5.84. The van der Waals surface area contributed by atoms with Crippen LogP contribution in [0.15, 0.2) is 22.7 Å². The number of hydrogen-bond acceptors (Lipinski definition) is 5. The van der Waals surface area contributed by atoms with E-state index in [1.165, 1.54) is 10.4 Å². The number of benzene rings is 1. The van der Waals surface area contributed by atoms with E-state index in [-0.39, 0.29) is 12.1 Å². The molecule has 2 aliphatic heterocycles. The highest BCUT2D eigenvalue weighted by atomic mass is 79.9. The molecule has 4 rings (SSSR count). The van der Waals surface area contributed by atoms with Gasteiger partial charge >= 0.3 is 0 Å². The second-order valence-electron chi connectivity index (χ2n) is 6.14. The summed E-state index contributed by atoms with van der Waals surface area (Å²) in [5.41, 5.74) is 3.05. The van der Waals surface area contributed by atoms with E-state index in [9.17, 15) is 4.79 Å². The molecule has 7 heteroatoms. The van der Waals surface area contributed by atoms with Gasteiger partial charge in [-0.25, -0.2) is 0 Å². The number of carbonyl (C=O) groups is 1. The van der Waals surface area contributed by atoms with Gasteiger partial charge in [-0.15, -0.1) is 11.3 Å². The topological polar surface area (TPSA) is 53.6 Å². The predicted octanol–water partition coefficient (Wildman–Crippen LogP) is 3.36. The molecule has 2 N–H and O–H groups in total. The van der Waals surface area contributed by atoms with Gasteiger partial charge in [0.05, 0.1) is 17.1 Å². The molecule has 2 aromatic rings. The predicted molar refractivity (Wildman–Crippen MR) is 98.9 cm³/mol. The standard InChI is InChI=1S/C17H18BrN3O2S/c1-21-6-5-10-13(8-21)24-17-14(10)16(22)19-15(20-17)9-3-4-12(23-2)11(18)7-9/h3-4,7,15,20H,5-6,8H2,1-2H3,(H,19,22). The molecule has 0 saturated heterocycles. The molecule has 0 saturated carbocycles. The number of rotatable bonds is 2. The summed E-state index contributed by atoms with van der Waals surface area (Å²) >= 11 is 5.21. The van der Waals surface area contributed by atoms with Crippen LogP contribution in [0.1, 0.15) is 32.5 Å². The lowest BCUT2D eigenvalue weighted by Gasteiger charge is -2.27. The maximum atomic E-state index is 12.7. The molecule has 0 bridgehead atoms. The van der Waals surface area contributed by atoms with Crippen LogP contribution in [0.2, 0.25) is 0 Å². The Labute approximate surface area is 153 Å². The number of ether oxygens (including phenoxy) is 1. The largest absolute Gasteiger partial charge is 0.496 e. The quantitative estimate of drug-likeness (QED) is 0.801. The van der Waals surface area contributed by atoms with Crippen LogP contribution in [0.4, 0.5) is 5.00 Å². The normalized spacial score (nSPS) is 20.0. The molecule has 0 aliphatic carbocycles. The van der Waals surface area contributed by atoms with E-state index < -0.39 is 0 Å². The third-order valence-electron chi connectivity index (χ3n) is 4.53. The van der Waals surface area contributed by atoms with Crippen molar-refractivity contribution < 1.29 is 9.53 Å². The van der Waals surface area contributed by atoms with Crippen molar-refractivity contribution in [2.75, 3.05) is 26.0 Å². The Morgan fingerprint density at radius 1 is 1.38 bits per heavy atom. The number of amides is 1. The van der Waals surface area contributed by atoms with E-state index in [4.69, 9.17) is 4.74 Å². The number of nitrogens with one attached hydrogen (secondary N) is 2. The van der Waals surface area contributed by atoms with Crippen molar-refractivity contribution in [3.63, 3.8) is 0 Å². The highest BCUT2D eigenvalue weighted by Crippen LogP contribution is 2.41. The Morgan fingerprint density at radius 3 is 2.96 bits per heavy atom. The molecule has 0 spiro atoms. The maximum absolute atomic E-state index is 12.7. The summed E-state index contributed by atoms with van der Waals surface area (Å²) in [6.45, 7) is 1.92. The van der Waals surface area contributed by atoms with Crippen molar-refractivity contribution in [3.8, 4) is 5.75 Å². The first-order chi connectivity index (χ1) is 11.6. The number of fused-ring (bicyclic) bond motifs is 3. The first kappa shape index (κ1) is 15.9. The monoisotopic (exact) mass is 407 g/mol. The van der Waals surface area contributed by atoms with Gasteiger partial charge in [-0.2, -0.15) is 0 Å². The van der Waals surface area contributed by atoms with Crippen molar-refractivity contribution in [2.24, 2.45) is 0 Å². The Balaban J connectivity index is 1.67. The first-order valence-electron chi connectivity index (χ1n) is 7.80. The van der Waals surface area contributed by atoms with Gasteiger partial charge in [-0.1, -0.05) is 6.07 Å². The molecule has 1 unspecified atom stereocenters. The van der Waals surface area contributed by atoms with Gasteiger partial charge in [0.1, 0.15) is 16.9 Å². The second kappa shape index (κ2) is 6.06. The fraction of sp³-hybridized carbons (Fsp3) is 0.353. The fourth-order valence-corrected chi connectivity index (χ4v) is 5.18. The lowest BCUT2D eigenvalue weighted by Crippen LogP contribution is -2.38. The van der Waals surface area contributed by atoms with E-state index in [1.807, 2.05) is 18.2 Å². The summed E-state index contributed by atoms with van der Waals surface area (Å²) in [7, 11) is 3.76. The molecular weight excluding hydrogens is 390 g/mol. The Bertz CT molecular complexity index is 820. The number of likely N-dealkylation sites (N-methyl/N-ethyl adjacent to an activating group) is 1. The van der Waals surface area contributed by atoms with Crippen molar-refractivity contribution in [1.29, 1.82) is 0 Å². The number of hydrogen-bond donors (Lipinski definition) is 2. The minimum Gasteiger partial charge on any atom is -0.496 e. The highest BCUT2D eigenvalue weighted by Gasteiger charge is 2.32. The Morgan fingerprint density at radius 2 is 2.21 bits per heavy atom. The molecule has 24 heavy (non-hydrogen) atoms. The number of carbonyl (C=O) groups excluding carboxylic acids is 1. The van der Waals surface area contributed by atoms with Crippen LogP contribution in [0.5, 0.6) is 5.75 Å². The molecule has 1 aromatic heterocycles. The van der Waals surface area contributed by atoms with Crippen LogP contribution in [-0.2, 0) is 13.0 Å². The molecule has 1 aromatic carbocycles. The maximum Gasteiger partial charge on any atom is 0.256 e. The van der Waals surface area contributed by atoms with Crippen LogP contribution < -0.4 is 15.4 Å². The van der Waals surface area contributed by atoms with Gasteiger partial charge in [0.2, 0.25) is 0 Å². The zero-order chi connectivity index (χ0) is 16.8. The average molecular weight is 408 g/mol. The van der Waals surface area contributed by atoms with Crippen LogP contribution in [0.25, 0.3) is 0 Å². The Hall–Kier alpha value is -1.57. The average Bonchev–Trinajstić information content (AvgIpc) is 2.92. The van der Waals surface area contributed by atoms with E-state index in [2.05, 4.69) is 38.5 Å². The summed E-state index contributed by atoms with van der Waals surface area (Å²) < 4.78 is 6.14. The van der Waals surface area contributed by atoms with Crippen LogP contribution >= 0.6 is 27.3 Å². The lowest BCUT2D eigenvalue weighted by molar-refractivity contribution is 0.0935. The van der Waals surface area contributed by atoms with E-state index in [0.29, 0.717) is 0 Å². The van der Waals surface area contributed by atoms with Gasteiger partial charge in [0.25, 0.3) is 5.91 Å². The second-order valence-corrected chi connectivity index (χ2v) is 8.10. The molecule has 1 atom stereocenters. The van der Waals surface area contributed by atoms with Gasteiger partial charge < -0.3 is 20.3 Å².